The van der Waals surface area contributed by atoms with Crippen molar-refractivity contribution >= 4 is 23.4 Å². The maximum atomic E-state index is 5.61. The number of hydrogen-bond donors (Lipinski definition) is 2. The van der Waals surface area contributed by atoms with Gasteiger partial charge in [0.15, 0.2) is 5.16 Å². The zero-order valence-electron chi connectivity index (χ0n) is 11.6. The van der Waals surface area contributed by atoms with Crippen molar-refractivity contribution < 1.29 is 4.74 Å². The van der Waals surface area contributed by atoms with Gasteiger partial charge in [-0.1, -0.05) is 11.8 Å². The molecule has 1 atom stereocenters. The summed E-state index contributed by atoms with van der Waals surface area (Å²) in [6.07, 6.45) is 4.12. The van der Waals surface area contributed by atoms with E-state index in [1.807, 2.05) is 12.3 Å². The second-order valence-corrected chi connectivity index (χ2v) is 5.69. The van der Waals surface area contributed by atoms with E-state index < -0.39 is 0 Å². The van der Waals surface area contributed by atoms with Crippen LogP contribution in [0.2, 0.25) is 0 Å². The number of thioether (sulfide) groups is 1. The largest absolute Gasteiger partial charge is 0.377 e. The molecule has 1 unspecified atom stereocenters. The number of anilines is 2. The minimum absolute atomic E-state index is 0.112. The highest BCUT2D eigenvalue weighted by Crippen LogP contribution is 2.28. The lowest BCUT2D eigenvalue weighted by molar-refractivity contribution is -0.00483. The zero-order chi connectivity index (χ0) is 13.9. The molecule has 1 aromatic heterocycles. The maximum Gasteiger partial charge on any atom is 0.191 e. The van der Waals surface area contributed by atoms with Crippen LogP contribution in [-0.2, 0) is 4.74 Å². The Morgan fingerprint density at radius 1 is 1.53 bits per heavy atom. The number of methoxy groups -OCH3 is 1. The number of ether oxygens (including phenoxy) is 1. The smallest absolute Gasteiger partial charge is 0.191 e. The van der Waals surface area contributed by atoms with E-state index in [0.717, 1.165) is 36.9 Å². The third-order valence-corrected chi connectivity index (χ3v) is 4.05. The van der Waals surface area contributed by atoms with E-state index >= 15 is 0 Å². The number of nitrogens with zero attached hydrogens (tertiary/aromatic N) is 3. The molecule has 1 aromatic rings. The molecule has 0 spiro atoms. The Bertz CT molecular complexity index is 422. The fourth-order valence-electron chi connectivity index (χ4n) is 2.31. The molecule has 0 amide bonds. The highest BCUT2D eigenvalue weighted by Gasteiger charge is 2.31. The van der Waals surface area contributed by atoms with Gasteiger partial charge in [-0.05, 0) is 26.0 Å². The summed E-state index contributed by atoms with van der Waals surface area (Å²) < 4.78 is 5.61. The second-order valence-electron chi connectivity index (χ2n) is 4.92. The van der Waals surface area contributed by atoms with Crippen molar-refractivity contribution in [2.75, 3.05) is 36.8 Å². The number of rotatable bonds is 4. The Morgan fingerprint density at radius 2 is 2.32 bits per heavy atom. The molecule has 1 aliphatic rings. The summed E-state index contributed by atoms with van der Waals surface area (Å²) in [7, 11) is 1.77. The number of hydrogen-bond acceptors (Lipinski definition) is 7. The highest BCUT2D eigenvalue weighted by molar-refractivity contribution is 7.98. The lowest BCUT2D eigenvalue weighted by Gasteiger charge is -2.40. The monoisotopic (exact) mass is 283 g/mol. The van der Waals surface area contributed by atoms with Crippen molar-refractivity contribution in [2.45, 2.75) is 30.5 Å². The highest BCUT2D eigenvalue weighted by atomic mass is 32.2. The van der Waals surface area contributed by atoms with Crippen LogP contribution in [-0.4, -0.2) is 42.0 Å². The minimum Gasteiger partial charge on any atom is -0.377 e. The first-order valence-corrected chi connectivity index (χ1v) is 7.52. The Hall–Kier alpha value is -1.05. The van der Waals surface area contributed by atoms with Crippen molar-refractivity contribution in [2.24, 2.45) is 5.84 Å². The molecule has 19 heavy (non-hydrogen) atoms. The molecule has 0 radical (unpaired) electrons. The molecule has 1 aliphatic heterocycles. The van der Waals surface area contributed by atoms with Crippen LogP contribution in [0.5, 0.6) is 0 Å². The van der Waals surface area contributed by atoms with E-state index in [2.05, 4.69) is 27.2 Å². The van der Waals surface area contributed by atoms with Gasteiger partial charge in [0.2, 0.25) is 0 Å². The summed E-state index contributed by atoms with van der Waals surface area (Å²) in [5, 5.41) is 0.718. The lowest BCUT2D eigenvalue weighted by atomic mass is 9.95. The summed E-state index contributed by atoms with van der Waals surface area (Å²) >= 11 is 1.51. The van der Waals surface area contributed by atoms with Crippen molar-refractivity contribution in [1.82, 2.24) is 9.97 Å². The molecule has 0 bridgehead atoms. The van der Waals surface area contributed by atoms with Crippen LogP contribution >= 0.6 is 11.8 Å². The molecule has 3 N–H and O–H groups in total. The third-order valence-electron chi connectivity index (χ3n) is 3.50. The van der Waals surface area contributed by atoms with Crippen molar-refractivity contribution in [3.8, 4) is 0 Å². The van der Waals surface area contributed by atoms with Gasteiger partial charge in [0.05, 0.1) is 5.60 Å². The lowest BCUT2D eigenvalue weighted by Crippen LogP contribution is -2.47. The fourth-order valence-corrected chi connectivity index (χ4v) is 2.68. The predicted octanol–water partition coefficient (Wildman–Crippen LogP) is 1.49. The standard InChI is InChI=1S/C12H21N5OS/c1-12(18-2)5-4-6-17(8-12)10-7-9(16-13)14-11(15-10)19-3/h7H,4-6,8,13H2,1-3H3,(H,14,15,16). The summed E-state index contributed by atoms with van der Waals surface area (Å²) in [5.41, 5.74) is 2.48. The van der Waals surface area contributed by atoms with Gasteiger partial charge >= 0.3 is 0 Å². The molecule has 2 rings (SSSR count). The van der Waals surface area contributed by atoms with E-state index in [9.17, 15) is 0 Å². The SMILES string of the molecule is COC1(C)CCCN(c2cc(NN)nc(SC)n2)C1. The van der Waals surface area contributed by atoms with Crippen LogP contribution in [0.25, 0.3) is 0 Å². The first-order chi connectivity index (χ1) is 9.10. The normalized spacial score (nSPS) is 23.5. The van der Waals surface area contributed by atoms with Crippen LogP contribution in [0.15, 0.2) is 11.2 Å². The molecule has 6 nitrogen and oxygen atoms in total. The number of nitrogens with one attached hydrogen (secondary N) is 1. The number of nitrogen functional groups attached to an aromatic ring is 1. The van der Waals surface area contributed by atoms with Gasteiger partial charge in [-0.25, -0.2) is 15.8 Å². The van der Waals surface area contributed by atoms with Gasteiger partial charge < -0.3 is 15.1 Å². The quantitative estimate of drug-likeness (QED) is 0.375. The van der Waals surface area contributed by atoms with Crippen molar-refractivity contribution in [1.29, 1.82) is 0 Å². The van der Waals surface area contributed by atoms with Gasteiger partial charge in [-0.3, -0.25) is 0 Å². The average molecular weight is 283 g/mol. The third kappa shape index (κ3) is 3.29. The summed E-state index contributed by atoms with van der Waals surface area (Å²) in [6, 6.07) is 1.88. The van der Waals surface area contributed by atoms with Crippen LogP contribution in [0.3, 0.4) is 0 Å². The number of nitrogens with two attached hydrogens (primary N) is 1. The zero-order valence-corrected chi connectivity index (χ0v) is 12.5. The molecule has 106 valence electrons. The molecular weight excluding hydrogens is 262 g/mol. The van der Waals surface area contributed by atoms with E-state index in [0.29, 0.717) is 5.82 Å². The molecule has 0 aromatic carbocycles. The Morgan fingerprint density at radius 3 is 2.95 bits per heavy atom. The first-order valence-electron chi connectivity index (χ1n) is 6.30. The summed E-state index contributed by atoms with van der Waals surface area (Å²) in [5.74, 6) is 6.99. The summed E-state index contributed by atoms with van der Waals surface area (Å²) in [4.78, 5) is 11.1. The maximum absolute atomic E-state index is 5.61. The van der Waals surface area contributed by atoms with Crippen LogP contribution < -0.4 is 16.2 Å². The molecule has 1 saturated heterocycles. The molecular formula is C12H21N5OS. The first kappa shape index (κ1) is 14.4. The van der Waals surface area contributed by atoms with E-state index in [-0.39, 0.29) is 5.60 Å². The average Bonchev–Trinajstić information content (AvgIpc) is 2.46. The van der Waals surface area contributed by atoms with Crippen LogP contribution in [0.1, 0.15) is 19.8 Å². The van der Waals surface area contributed by atoms with Gasteiger partial charge in [-0.15, -0.1) is 0 Å². The topological polar surface area (TPSA) is 76.3 Å². The van der Waals surface area contributed by atoms with Gasteiger partial charge in [0.25, 0.3) is 0 Å². The molecule has 7 heteroatoms. The minimum atomic E-state index is -0.112. The molecule has 0 saturated carbocycles. The number of piperidine rings is 1. The van der Waals surface area contributed by atoms with Gasteiger partial charge in [0, 0.05) is 26.3 Å². The molecule has 0 aliphatic carbocycles. The number of hydrazine groups is 1. The molecule has 1 fully saturated rings. The Labute approximate surface area is 118 Å². The Balaban J connectivity index is 2.25. The summed E-state index contributed by atoms with van der Waals surface area (Å²) in [6.45, 7) is 3.95. The van der Waals surface area contributed by atoms with Crippen LogP contribution in [0.4, 0.5) is 11.6 Å². The Kier molecular flexibility index (Phi) is 4.49. The van der Waals surface area contributed by atoms with E-state index in [4.69, 9.17) is 10.6 Å². The van der Waals surface area contributed by atoms with Gasteiger partial charge in [-0.2, -0.15) is 0 Å². The predicted molar refractivity (Wildman–Crippen MR) is 78.5 cm³/mol. The van der Waals surface area contributed by atoms with E-state index in [1.165, 1.54) is 11.8 Å². The number of aromatic nitrogens is 2. The van der Waals surface area contributed by atoms with Crippen molar-refractivity contribution in [3.05, 3.63) is 6.07 Å². The van der Waals surface area contributed by atoms with Crippen molar-refractivity contribution in [3.63, 3.8) is 0 Å². The van der Waals surface area contributed by atoms with Gasteiger partial charge in [0.1, 0.15) is 11.6 Å². The molecule has 2 heterocycles. The fraction of sp³-hybridized carbons (Fsp3) is 0.667. The van der Waals surface area contributed by atoms with Crippen LogP contribution in [0, 0.1) is 0 Å². The van der Waals surface area contributed by atoms with E-state index in [1.54, 1.807) is 7.11 Å². The second kappa shape index (κ2) is 5.94.